The Bertz CT molecular complexity index is 1450. The molecule has 1 N–H and O–H groups in total. The highest BCUT2D eigenvalue weighted by molar-refractivity contribution is 5.87. The third-order valence-corrected chi connectivity index (χ3v) is 7.62. The van der Waals surface area contributed by atoms with E-state index in [0.717, 1.165) is 48.3 Å². The van der Waals surface area contributed by atoms with Crippen LogP contribution in [0.4, 0.5) is 4.39 Å². The van der Waals surface area contributed by atoms with Crippen molar-refractivity contribution in [2.45, 2.75) is 46.2 Å². The fourth-order valence-corrected chi connectivity index (χ4v) is 5.77. The molecule has 0 fully saturated rings. The summed E-state index contributed by atoms with van der Waals surface area (Å²) in [6, 6.07) is 17.0. The van der Waals surface area contributed by atoms with E-state index in [4.69, 9.17) is 14.2 Å². The molecule has 2 aliphatic rings. The minimum absolute atomic E-state index is 0. The number of aromatic nitrogens is 1. The molecule has 0 spiro atoms. The second-order valence-corrected chi connectivity index (χ2v) is 9.40. The van der Waals surface area contributed by atoms with Crippen LogP contribution in [-0.4, -0.2) is 35.3 Å². The van der Waals surface area contributed by atoms with Crippen LogP contribution < -0.4 is 14.2 Å². The van der Waals surface area contributed by atoms with Gasteiger partial charge in [0.2, 0.25) is 0 Å². The number of halogens is 1. The van der Waals surface area contributed by atoms with Gasteiger partial charge in [0.25, 0.3) is 0 Å². The molecule has 0 aliphatic carbocycles. The number of methoxy groups -OCH3 is 2. The molecule has 3 heterocycles. The average molecular weight is 505 g/mol. The Morgan fingerprint density at radius 2 is 1.86 bits per heavy atom. The fourth-order valence-electron chi connectivity index (χ4n) is 5.77. The first-order valence-electron chi connectivity index (χ1n) is 12.2. The number of hydrogen-bond acceptors (Lipinski definition) is 5. The zero-order valence-electron chi connectivity index (χ0n) is 20.5. The van der Waals surface area contributed by atoms with E-state index in [0.29, 0.717) is 17.1 Å². The monoisotopic (exact) mass is 504 g/mol. The standard InChI is InChI=1S/C29H29FN2O4.CH4/c1-34-20-7-8-25-22(12-20)23-13-26-21-14-29(36-16-19-5-3-4-6-24(19)30)28(35-2)11-18(21)9-10-31(26)15-27(23)32(25)17-33;/h3-8,11-12,14,26,33H,9-10,13,15-17H2,1-2H3;1H4. The van der Waals surface area contributed by atoms with Gasteiger partial charge in [-0.2, -0.15) is 0 Å². The van der Waals surface area contributed by atoms with Crippen molar-refractivity contribution in [1.29, 1.82) is 0 Å². The van der Waals surface area contributed by atoms with Crippen LogP contribution >= 0.6 is 0 Å². The number of hydrogen-bond donors (Lipinski definition) is 1. The minimum atomic E-state index is -0.281. The maximum absolute atomic E-state index is 14.2. The molecule has 2 aliphatic heterocycles. The van der Waals surface area contributed by atoms with E-state index < -0.39 is 0 Å². The Balaban J connectivity index is 0.00000280. The quantitative estimate of drug-likeness (QED) is 0.370. The van der Waals surface area contributed by atoms with Gasteiger partial charge in [-0.1, -0.05) is 25.6 Å². The lowest BCUT2D eigenvalue weighted by molar-refractivity contribution is 0.145. The summed E-state index contributed by atoms with van der Waals surface area (Å²) in [5.74, 6) is 1.81. The fraction of sp³-hybridized carbons (Fsp3) is 0.333. The third kappa shape index (κ3) is 4.22. The summed E-state index contributed by atoms with van der Waals surface area (Å²) in [7, 11) is 3.31. The van der Waals surface area contributed by atoms with Gasteiger partial charge in [0.05, 0.1) is 19.7 Å². The first-order valence-corrected chi connectivity index (χ1v) is 12.2. The van der Waals surface area contributed by atoms with Crippen LogP contribution in [0.15, 0.2) is 54.6 Å². The summed E-state index contributed by atoms with van der Waals surface area (Å²) in [4.78, 5) is 2.47. The number of fused-ring (bicyclic) bond motifs is 6. The molecule has 6 nitrogen and oxygen atoms in total. The van der Waals surface area contributed by atoms with Gasteiger partial charge in [0, 0.05) is 35.8 Å². The number of aliphatic hydroxyl groups excluding tert-OH is 1. The summed E-state index contributed by atoms with van der Waals surface area (Å²) in [6.45, 7) is 1.75. The zero-order valence-corrected chi connectivity index (χ0v) is 20.5. The van der Waals surface area contributed by atoms with Gasteiger partial charge in [0.15, 0.2) is 11.5 Å². The lowest BCUT2D eigenvalue weighted by atomic mass is 9.85. The number of nitrogens with zero attached hydrogens (tertiary/aromatic N) is 2. The van der Waals surface area contributed by atoms with Crippen LogP contribution in [-0.2, 0) is 32.7 Å². The highest BCUT2D eigenvalue weighted by Gasteiger charge is 2.36. The molecule has 194 valence electrons. The summed E-state index contributed by atoms with van der Waals surface area (Å²) < 4.78 is 33.4. The van der Waals surface area contributed by atoms with E-state index in [1.54, 1.807) is 32.4 Å². The Morgan fingerprint density at radius 3 is 2.62 bits per heavy atom. The van der Waals surface area contributed by atoms with Gasteiger partial charge in [-0.05, 0) is 65.9 Å². The van der Waals surface area contributed by atoms with Gasteiger partial charge in [-0.15, -0.1) is 0 Å². The smallest absolute Gasteiger partial charge is 0.162 e. The molecular weight excluding hydrogens is 471 g/mol. The van der Waals surface area contributed by atoms with E-state index in [1.807, 2.05) is 16.7 Å². The molecule has 1 unspecified atom stereocenters. The van der Waals surface area contributed by atoms with E-state index in [1.165, 1.54) is 22.8 Å². The van der Waals surface area contributed by atoms with E-state index >= 15 is 0 Å². The van der Waals surface area contributed by atoms with Gasteiger partial charge >= 0.3 is 0 Å². The molecule has 6 rings (SSSR count). The van der Waals surface area contributed by atoms with Crippen molar-refractivity contribution in [1.82, 2.24) is 9.47 Å². The summed E-state index contributed by atoms with van der Waals surface area (Å²) >= 11 is 0. The van der Waals surface area contributed by atoms with Crippen LogP contribution in [0.1, 0.15) is 41.4 Å². The van der Waals surface area contributed by atoms with E-state index in [9.17, 15) is 9.50 Å². The van der Waals surface area contributed by atoms with Gasteiger partial charge in [-0.25, -0.2) is 4.39 Å². The average Bonchev–Trinajstić information content (AvgIpc) is 3.22. The maximum atomic E-state index is 14.2. The molecule has 1 atom stereocenters. The Morgan fingerprint density at radius 1 is 1.03 bits per heavy atom. The van der Waals surface area contributed by atoms with Crippen molar-refractivity contribution < 1.29 is 23.7 Å². The normalized spacial score (nSPS) is 16.4. The molecule has 0 bridgehead atoms. The second-order valence-electron chi connectivity index (χ2n) is 9.40. The molecule has 0 radical (unpaired) electrons. The molecule has 0 amide bonds. The molecule has 37 heavy (non-hydrogen) atoms. The van der Waals surface area contributed by atoms with Crippen molar-refractivity contribution >= 4 is 10.9 Å². The number of ether oxygens (including phenoxy) is 3. The maximum Gasteiger partial charge on any atom is 0.162 e. The van der Waals surface area contributed by atoms with E-state index in [-0.39, 0.29) is 32.6 Å². The molecule has 4 aromatic rings. The molecule has 0 saturated carbocycles. The predicted octanol–water partition coefficient (Wildman–Crippen LogP) is 5.62. The molecular formula is C30H33FN2O4. The van der Waals surface area contributed by atoms with Crippen molar-refractivity contribution in [2.75, 3.05) is 20.8 Å². The number of benzene rings is 3. The van der Waals surface area contributed by atoms with Gasteiger partial charge in [-0.3, -0.25) is 4.90 Å². The van der Waals surface area contributed by atoms with E-state index in [2.05, 4.69) is 23.1 Å². The third-order valence-electron chi connectivity index (χ3n) is 7.62. The van der Waals surface area contributed by atoms with Crippen molar-refractivity contribution in [3.63, 3.8) is 0 Å². The highest BCUT2D eigenvalue weighted by atomic mass is 19.1. The van der Waals surface area contributed by atoms with Crippen molar-refractivity contribution in [3.8, 4) is 17.2 Å². The lowest BCUT2D eigenvalue weighted by Gasteiger charge is -2.41. The number of rotatable bonds is 6. The van der Waals surface area contributed by atoms with Crippen LogP contribution in [0, 0.1) is 5.82 Å². The van der Waals surface area contributed by atoms with Crippen molar-refractivity contribution in [2.24, 2.45) is 0 Å². The summed E-state index contributed by atoms with van der Waals surface area (Å²) in [5, 5.41) is 11.3. The van der Waals surface area contributed by atoms with Crippen LogP contribution in [0.3, 0.4) is 0 Å². The Hall–Kier alpha value is -3.55. The Kier molecular flexibility index (Phi) is 6.84. The predicted molar refractivity (Wildman–Crippen MR) is 142 cm³/mol. The summed E-state index contributed by atoms with van der Waals surface area (Å²) in [6.07, 6.45) is 1.72. The second kappa shape index (κ2) is 10.1. The number of aliphatic hydroxyl groups is 1. The van der Waals surface area contributed by atoms with Crippen LogP contribution in [0.2, 0.25) is 0 Å². The highest BCUT2D eigenvalue weighted by Crippen LogP contribution is 2.45. The van der Waals surface area contributed by atoms with Crippen LogP contribution in [0.5, 0.6) is 17.2 Å². The minimum Gasteiger partial charge on any atom is -0.497 e. The Labute approximate surface area is 216 Å². The molecule has 1 aromatic heterocycles. The molecule has 0 saturated heterocycles. The van der Waals surface area contributed by atoms with Gasteiger partial charge in [0.1, 0.15) is 24.9 Å². The lowest BCUT2D eigenvalue weighted by Crippen LogP contribution is -2.39. The SMILES string of the molecule is C.COc1ccc2c(c1)c1c(n2CO)CN2CCc3cc(OC)c(OCc4ccccc4F)cc3C2C1. The van der Waals surface area contributed by atoms with Crippen LogP contribution in [0.25, 0.3) is 10.9 Å². The summed E-state index contributed by atoms with van der Waals surface area (Å²) in [5.41, 5.74) is 6.39. The molecule has 7 heteroatoms. The first-order chi connectivity index (χ1) is 17.6. The zero-order chi connectivity index (χ0) is 24.8. The topological polar surface area (TPSA) is 56.1 Å². The van der Waals surface area contributed by atoms with Gasteiger partial charge < -0.3 is 23.9 Å². The first kappa shape index (κ1) is 25.1. The van der Waals surface area contributed by atoms with Crippen molar-refractivity contribution in [3.05, 3.63) is 88.4 Å². The molecule has 3 aromatic carbocycles. The largest absolute Gasteiger partial charge is 0.497 e.